The average Bonchev–Trinajstić information content (AvgIpc) is 3.02. The smallest absolute Gasteiger partial charge is 0.252 e. The van der Waals surface area contributed by atoms with E-state index in [-0.39, 0.29) is 5.56 Å². The highest BCUT2D eigenvalue weighted by molar-refractivity contribution is 7.98. The Morgan fingerprint density at radius 2 is 1.77 bits per heavy atom. The summed E-state index contributed by atoms with van der Waals surface area (Å²) in [6, 6.07) is 13.6. The summed E-state index contributed by atoms with van der Waals surface area (Å²) in [6.07, 6.45) is 2.04. The minimum absolute atomic E-state index is 0.117. The highest BCUT2D eigenvalue weighted by atomic mass is 35.5. The summed E-state index contributed by atoms with van der Waals surface area (Å²) >= 11 is 7.78. The number of hydrogen-bond acceptors (Lipinski definition) is 3. The molecule has 134 valence electrons. The van der Waals surface area contributed by atoms with Gasteiger partial charge >= 0.3 is 0 Å². The Labute approximate surface area is 161 Å². The van der Waals surface area contributed by atoms with Crippen molar-refractivity contribution < 1.29 is 4.42 Å². The van der Waals surface area contributed by atoms with Crippen molar-refractivity contribution in [3.8, 4) is 11.1 Å². The van der Waals surface area contributed by atoms with E-state index in [4.69, 9.17) is 16.0 Å². The zero-order valence-corrected chi connectivity index (χ0v) is 16.7. The normalized spacial score (nSPS) is 10.8. The number of aromatic nitrogens is 1. The van der Waals surface area contributed by atoms with Gasteiger partial charge in [0.05, 0.1) is 5.52 Å². The SMILES string of the molecule is CC.CSc1ccc(-c2c(C)c(=O)[nH]c3c2oc2ccc(Cl)cc23)cc1. The Balaban J connectivity index is 0.000000948. The van der Waals surface area contributed by atoms with Crippen LogP contribution in [0.3, 0.4) is 0 Å². The number of rotatable bonds is 2. The molecule has 0 radical (unpaired) electrons. The number of hydrogen-bond donors (Lipinski definition) is 1. The molecule has 4 rings (SSSR count). The van der Waals surface area contributed by atoms with Crippen molar-refractivity contribution in [2.24, 2.45) is 0 Å². The van der Waals surface area contributed by atoms with Crippen LogP contribution in [0.1, 0.15) is 19.4 Å². The molecular weight excluding hydrogens is 366 g/mol. The molecule has 0 saturated carbocycles. The molecule has 1 N–H and O–H groups in total. The first-order chi connectivity index (χ1) is 12.6. The van der Waals surface area contributed by atoms with E-state index >= 15 is 0 Å². The molecule has 2 heterocycles. The van der Waals surface area contributed by atoms with Crippen LogP contribution in [-0.4, -0.2) is 11.2 Å². The number of furan rings is 1. The van der Waals surface area contributed by atoms with Crippen LogP contribution in [0.5, 0.6) is 0 Å². The summed E-state index contributed by atoms with van der Waals surface area (Å²) in [5, 5.41) is 1.43. The molecule has 3 nitrogen and oxygen atoms in total. The fourth-order valence-electron chi connectivity index (χ4n) is 2.97. The standard InChI is InChI=1S/C19H14ClNO2S.C2H6/c1-10-16(11-3-6-13(24-2)7-4-11)18-17(21-19(10)22)14-9-12(20)5-8-15(14)23-18;1-2/h3-9H,1-2H3,(H,21,22);1-2H3. The van der Waals surface area contributed by atoms with E-state index in [2.05, 4.69) is 4.98 Å². The topological polar surface area (TPSA) is 46.0 Å². The number of thioether (sulfide) groups is 1. The molecule has 0 aliphatic carbocycles. The quantitative estimate of drug-likeness (QED) is 0.393. The van der Waals surface area contributed by atoms with Crippen molar-refractivity contribution in [3.05, 3.63) is 63.4 Å². The van der Waals surface area contributed by atoms with Gasteiger partial charge < -0.3 is 9.40 Å². The first kappa shape index (κ1) is 18.6. The summed E-state index contributed by atoms with van der Waals surface area (Å²) in [6.45, 7) is 5.82. The molecule has 5 heteroatoms. The second kappa shape index (κ2) is 7.60. The van der Waals surface area contributed by atoms with E-state index in [9.17, 15) is 4.79 Å². The van der Waals surface area contributed by atoms with Gasteiger partial charge in [0.1, 0.15) is 5.58 Å². The van der Waals surface area contributed by atoms with Crippen LogP contribution in [-0.2, 0) is 0 Å². The number of fused-ring (bicyclic) bond motifs is 3. The molecule has 4 aromatic rings. The summed E-state index contributed by atoms with van der Waals surface area (Å²) in [4.78, 5) is 16.5. The monoisotopic (exact) mass is 385 g/mol. The van der Waals surface area contributed by atoms with Gasteiger partial charge in [0.2, 0.25) is 0 Å². The maximum atomic E-state index is 12.4. The molecule has 0 atom stereocenters. The Kier molecular flexibility index (Phi) is 5.44. The Bertz CT molecular complexity index is 1130. The third-order valence-corrected chi connectivity index (χ3v) is 5.19. The van der Waals surface area contributed by atoms with Crippen LogP contribution in [0.15, 0.2) is 56.6 Å². The second-order valence-corrected chi connectivity index (χ2v) is 6.95. The van der Waals surface area contributed by atoms with Crippen LogP contribution in [0.25, 0.3) is 33.2 Å². The van der Waals surface area contributed by atoms with Gasteiger partial charge in [-0.25, -0.2) is 0 Å². The number of benzene rings is 2. The fraction of sp³-hybridized carbons (Fsp3) is 0.190. The van der Waals surface area contributed by atoms with Gasteiger partial charge in [0, 0.05) is 26.4 Å². The van der Waals surface area contributed by atoms with Crippen LogP contribution in [0, 0.1) is 6.92 Å². The van der Waals surface area contributed by atoms with Gasteiger partial charge in [-0.15, -0.1) is 11.8 Å². The minimum atomic E-state index is -0.117. The third-order valence-electron chi connectivity index (χ3n) is 4.21. The van der Waals surface area contributed by atoms with Crippen molar-refractivity contribution >= 4 is 45.4 Å². The van der Waals surface area contributed by atoms with Gasteiger partial charge in [0.25, 0.3) is 5.56 Å². The van der Waals surface area contributed by atoms with Gasteiger partial charge in [-0.1, -0.05) is 37.6 Å². The summed E-state index contributed by atoms with van der Waals surface area (Å²) < 4.78 is 6.05. The van der Waals surface area contributed by atoms with Gasteiger partial charge in [0.15, 0.2) is 5.58 Å². The molecule has 2 aromatic carbocycles. The van der Waals surface area contributed by atoms with E-state index in [1.165, 1.54) is 4.90 Å². The van der Waals surface area contributed by atoms with Crippen LogP contribution < -0.4 is 5.56 Å². The summed E-state index contributed by atoms with van der Waals surface area (Å²) in [5.74, 6) is 0. The zero-order chi connectivity index (χ0) is 18.8. The molecule has 26 heavy (non-hydrogen) atoms. The summed E-state index contributed by atoms with van der Waals surface area (Å²) in [7, 11) is 0. The molecule has 0 amide bonds. The number of H-pyrrole nitrogens is 1. The number of halogens is 1. The van der Waals surface area contributed by atoms with Crippen molar-refractivity contribution in [1.29, 1.82) is 0 Å². The molecule has 0 saturated heterocycles. The first-order valence-electron chi connectivity index (χ1n) is 8.47. The largest absolute Gasteiger partial charge is 0.454 e. The van der Waals surface area contributed by atoms with E-state index < -0.39 is 0 Å². The highest BCUT2D eigenvalue weighted by Crippen LogP contribution is 2.36. The van der Waals surface area contributed by atoms with Crippen molar-refractivity contribution in [2.45, 2.75) is 25.7 Å². The van der Waals surface area contributed by atoms with Crippen molar-refractivity contribution in [3.63, 3.8) is 0 Å². The molecular formula is C21H20ClNO2S. The molecule has 0 fully saturated rings. The zero-order valence-electron chi connectivity index (χ0n) is 15.1. The van der Waals surface area contributed by atoms with E-state index in [1.54, 1.807) is 17.8 Å². The number of aromatic amines is 1. The second-order valence-electron chi connectivity index (χ2n) is 5.63. The molecule has 0 aliphatic heterocycles. The van der Waals surface area contributed by atoms with Crippen molar-refractivity contribution in [1.82, 2.24) is 4.98 Å². The maximum absolute atomic E-state index is 12.4. The van der Waals surface area contributed by atoms with E-state index in [0.717, 1.165) is 16.5 Å². The lowest BCUT2D eigenvalue weighted by Gasteiger charge is -2.07. The predicted octanol–water partition coefficient (Wildman–Crippen LogP) is 6.65. The van der Waals surface area contributed by atoms with Gasteiger partial charge in [-0.2, -0.15) is 0 Å². The first-order valence-corrected chi connectivity index (χ1v) is 10.1. The molecule has 2 aromatic heterocycles. The lowest BCUT2D eigenvalue weighted by molar-refractivity contribution is 0.668. The lowest BCUT2D eigenvalue weighted by atomic mass is 10.0. The number of pyridine rings is 1. The average molecular weight is 386 g/mol. The molecule has 0 spiro atoms. The Morgan fingerprint density at radius 3 is 2.42 bits per heavy atom. The predicted molar refractivity (Wildman–Crippen MR) is 113 cm³/mol. The molecule has 0 unspecified atom stereocenters. The maximum Gasteiger partial charge on any atom is 0.252 e. The Hall–Kier alpha value is -2.17. The van der Waals surface area contributed by atoms with Gasteiger partial charge in [-0.05, 0) is 49.1 Å². The molecule has 0 aliphatic rings. The van der Waals surface area contributed by atoms with E-state index in [1.807, 2.05) is 63.4 Å². The fourth-order valence-corrected chi connectivity index (χ4v) is 3.55. The van der Waals surface area contributed by atoms with Crippen molar-refractivity contribution in [2.75, 3.05) is 6.26 Å². The molecule has 0 bridgehead atoms. The lowest BCUT2D eigenvalue weighted by Crippen LogP contribution is -2.10. The van der Waals surface area contributed by atoms with E-state index in [0.29, 0.717) is 27.3 Å². The Morgan fingerprint density at radius 1 is 1.08 bits per heavy atom. The summed E-state index contributed by atoms with van der Waals surface area (Å²) in [5.41, 5.74) is 4.39. The third kappa shape index (κ3) is 3.15. The number of nitrogens with one attached hydrogen (secondary N) is 1. The minimum Gasteiger partial charge on any atom is -0.454 e. The van der Waals surface area contributed by atoms with Crippen LogP contribution >= 0.6 is 23.4 Å². The van der Waals surface area contributed by atoms with Gasteiger partial charge in [-0.3, -0.25) is 4.79 Å². The van der Waals surface area contributed by atoms with Crippen LogP contribution in [0.2, 0.25) is 5.02 Å². The highest BCUT2D eigenvalue weighted by Gasteiger charge is 2.17. The van der Waals surface area contributed by atoms with Crippen LogP contribution in [0.4, 0.5) is 0 Å².